The molecule has 0 radical (unpaired) electrons. The molecule has 4 nitrogen and oxygen atoms in total. The summed E-state index contributed by atoms with van der Waals surface area (Å²) in [6, 6.07) is 0. The normalized spacial score (nSPS) is 23.9. The van der Waals surface area contributed by atoms with E-state index in [9.17, 15) is 4.79 Å². The molecule has 0 aromatic rings. The zero-order valence-corrected chi connectivity index (χ0v) is 11.0. The van der Waals surface area contributed by atoms with Crippen molar-refractivity contribution in [2.45, 2.75) is 50.5 Å². The summed E-state index contributed by atoms with van der Waals surface area (Å²) < 4.78 is 0. The topological polar surface area (TPSA) is 75.4 Å². The maximum Gasteiger partial charge on any atom is 0.240 e. The van der Waals surface area contributed by atoms with Crippen LogP contribution >= 0.6 is 12.4 Å². The quantitative estimate of drug-likeness (QED) is 0.691. The van der Waals surface area contributed by atoms with Gasteiger partial charge in [0, 0.05) is 13.2 Å². The van der Waals surface area contributed by atoms with Crippen molar-refractivity contribution >= 4 is 18.3 Å². The van der Waals surface area contributed by atoms with Crippen molar-refractivity contribution in [3.05, 3.63) is 0 Å². The molecule has 2 aliphatic carbocycles. The van der Waals surface area contributed by atoms with Crippen molar-refractivity contribution in [2.24, 2.45) is 11.1 Å². The van der Waals surface area contributed by atoms with E-state index in [1.807, 2.05) is 0 Å². The van der Waals surface area contributed by atoms with Crippen molar-refractivity contribution in [3.63, 3.8) is 0 Å². The molecule has 1 amide bonds. The third-order valence-electron chi connectivity index (χ3n) is 4.17. The van der Waals surface area contributed by atoms with Gasteiger partial charge in [-0.3, -0.25) is 4.79 Å². The minimum Gasteiger partial charge on any atom is -0.396 e. The molecule has 2 fully saturated rings. The first-order valence-corrected chi connectivity index (χ1v) is 6.28. The fraction of sp³-hybridized carbons (Fsp3) is 0.917. The van der Waals surface area contributed by atoms with E-state index in [2.05, 4.69) is 5.32 Å². The van der Waals surface area contributed by atoms with E-state index in [0.29, 0.717) is 6.54 Å². The second-order valence-corrected chi connectivity index (χ2v) is 5.52. The van der Waals surface area contributed by atoms with Crippen LogP contribution < -0.4 is 11.1 Å². The van der Waals surface area contributed by atoms with Crippen LogP contribution in [0.5, 0.6) is 0 Å². The molecular formula is C12H23ClN2O2. The van der Waals surface area contributed by atoms with E-state index in [4.69, 9.17) is 10.8 Å². The van der Waals surface area contributed by atoms with Gasteiger partial charge in [0.15, 0.2) is 0 Å². The second-order valence-electron chi connectivity index (χ2n) is 5.52. The molecule has 17 heavy (non-hydrogen) atoms. The van der Waals surface area contributed by atoms with Gasteiger partial charge < -0.3 is 16.2 Å². The van der Waals surface area contributed by atoms with Gasteiger partial charge in [0.25, 0.3) is 0 Å². The monoisotopic (exact) mass is 262 g/mol. The number of rotatable bonds is 5. The van der Waals surface area contributed by atoms with E-state index in [0.717, 1.165) is 32.1 Å². The van der Waals surface area contributed by atoms with E-state index < -0.39 is 5.54 Å². The van der Waals surface area contributed by atoms with Gasteiger partial charge >= 0.3 is 0 Å². The maximum absolute atomic E-state index is 11.7. The van der Waals surface area contributed by atoms with Crippen molar-refractivity contribution in [1.29, 1.82) is 0 Å². The second kappa shape index (κ2) is 5.55. The highest BCUT2D eigenvalue weighted by Gasteiger charge is 2.46. The SMILES string of the molecule is Cl.NC1(C(=O)NCC2(CCO)CCCC2)CC1. The Bertz CT molecular complexity index is 274. The summed E-state index contributed by atoms with van der Waals surface area (Å²) in [5.74, 6) is -0.00304. The summed E-state index contributed by atoms with van der Waals surface area (Å²) in [6.07, 6.45) is 7.08. The number of hydrogen-bond acceptors (Lipinski definition) is 3. The van der Waals surface area contributed by atoms with Crippen LogP contribution in [0.2, 0.25) is 0 Å². The molecule has 0 saturated heterocycles. The third kappa shape index (κ3) is 3.33. The van der Waals surface area contributed by atoms with Crippen LogP contribution in [0.4, 0.5) is 0 Å². The molecule has 0 atom stereocenters. The predicted octanol–water partition coefficient (Wildman–Crippen LogP) is 0.958. The summed E-state index contributed by atoms with van der Waals surface area (Å²) >= 11 is 0. The van der Waals surface area contributed by atoms with E-state index in [1.54, 1.807) is 0 Å². The Labute approximate surface area is 109 Å². The minimum atomic E-state index is -0.570. The molecule has 0 spiro atoms. The highest BCUT2D eigenvalue weighted by molar-refractivity contribution is 5.88. The van der Waals surface area contributed by atoms with Crippen molar-refractivity contribution < 1.29 is 9.90 Å². The predicted molar refractivity (Wildman–Crippen MR) is 69.0 cm³/mol. The van der Waals surface area contributed by atoms with Crippen LogP contribution in [0.15, 0.2) is 0 Å². The lowest BCUT2D eigenvalue weighted by molar-refractivity contribution is -0.123. The van der Waals surface area contributed by atoms with Crippen LogP contribution in [-0.2, 0) is 4.79 Å². The third-order valence-corrected chi connectivity index (χ3v) is 4.17. The summed E-state index contributed by atoms with van der Waals surface area (Å²) in [5.41, 5.74) is 5.39. The zero-order chi connectivity index (χ0) is 11.6. The molecule has 0 aliphatic heterocycles. The molecule has 2 aliphatic rings. The molecule has 0 aromatic carbocycles. The van der Waals surface area contributed by atoms with E-state index >= 15 is 0 Å². The first-order valence-electron chi connectivity index (χ1n) is 6.28. The lowest BCUT2D eigenvalue weighted by atomic mass is 9.83. The Morgan fingerprint density at radius 2 is 1.82 bits per heavy atom. The van der Waals surface area contributed by atoms with Crippen molar-refractivity contribution in [3.8, 4) is 0 Å². The fourth-order valence-corrected chi connectivity index (χ4v) is 2.68. The lowest BCUT2D eigenvalue weighted by Gasteiger charge is -2.29. The molecule has 2 rings (SSSR count). The Kier molecular flexibility index (Phi) is 4.81. The average Bonchev–Trinajstić information content (AvgIpc) is 2.85. The Hall–Kier alpha value is -0.320. The summed E-state index contributed by atoms with van der Waals surface area (Å²) in [5, 5.41) is 12.1. The van der Waals surface area contributed by atoms with Crippen LogP contribution in [-0.4, -0.2) is 29.7 Å². The molecular weight excluding hydrogens is 240 g/mol. The van der Waals surface area contributed by atoms with Crippen LogP contribution in [0.25, 0.3) is 0 Å². The minimum absolute atomic E-state index is 0. The molecule has 0 unspecified atom stereocenters. The van der Waals surface area contributed by atoms with Crippen LogP contribution in [0, 0.1) is 5.41 Å². The standard InChI is InChI=1S/C12H22N2O2.ClH/c13-12(5-6-12)10(16)14-9-11(7-8-15)3-1-2-4-11;/h15H,1-9,13H2,(H,14,16);1H. The molecule has 2 saturated carbocycles. The smallest absolute Gasteiger partial charge is 0.240 e. The lowest BCUT2D eigenvalue weighted by Crippen LogP contribution is -2.46. The fourth-order valence-electron chi connectivity index (χ4n) is 2.68. The average molecular weight is 263 g/mol. The highest BCUT2D eigenvalue weighted by Crippen LogP contribution is 2.40. The van der Waals surface area contributed by atoms with Crippen molar-refractivity contribution in [2.75, 3.05) is 13.2 Å². The van der Waals surface area contributed by atoms with Crippen molar-refractivity contribution in [1.82, 2.24) is 5.32 Å². The first-order chi connectivity index (χ1) is 7.60. The van der Waals surface area contributed by atoms with Gasteiger partial charge in [-0.25, -0.2) is 0 Å². The number of nitrogens with two attached hydrogens (primary N) is 1. The number of carbonyl (C=O) groups excluding carboxylic acids is 1. The molecule has 0 aromatic heterocycles. The number of carbonyl (C=O) groups is 1. The summed E-state index contributed by atoms with van der Waals surface area (Å²) in [7, 11) is 0. The van der Waals surface area contributed by atoms with Gasteiger partial charge in [-0.1, -0.05) is 12.8 Å². The van der Waals surface area contributed by atoms with Crippen LogP contribution in [0.1, 0.15) is 44.9 Å². The van der Waals surface area contributed by atoms with Gasteiger partial charge in [-0.15, -0.1) is 12.4 Å². The highest BCUT2D eigenvalue weighted by atomic mass is 35.5. The molecule has 0 bridgehead atoms. The number of aliphatic hydroxyl groups excluding tert-OH is 1. The number of halogens is 1. The van der Waals surface area contributed by atoms with Crippen LogP contribution in [0.3, 0.4) is 0 Å². The first kappa shape index (κ1) is 14.7. The largest absolute Gasteiger partial charge is 0.396 e. The maximum atomic E-state index is 11.7. The van der Waals surface area contributed by atoms with Gasteiger partial charge in [-0.2, -0.15) is 0 Å². The van der Waals surface area contributed by atoms with Gasteiger partial charge in [-0.05, 0) is 37.5 Å². The molecule has 5 heteroatoms. The number of aliphatic hydroxyl groups is 1. The number of hydrogen-bond donors (Lipinski definition) is 3. The zero-order valence-electron chi connectivity index (χ0n) is 10.2. The summed E-state index contributed by atoms with van der Waals surface area (Å²) in [6.45, 7) is 0.898. The van der Waals surface area contributed by atoms with Gasteiger partial charge in [0.1, 0.15) is 0 Å². The molecule has 4 N–H and O–H groups in total. The number of amides is 1. The Balaban J connectivity index is 0.00000144. The Morgan fingerprint density at radius 3 is 2.29 bits per heavy atom. The van der Waals surface area contributed by atoms with E-state index in [1.165, 1.54) is 12.8 Å². The van der Waals surface area contributed by atoms with E-state index in [-0.39, 0.29) is 30.3 Å². The molecule has 0 heterocycles. The van der Waals surface area contributed by atoms with Gasteiger partial charge in [0.2, 0.25) is 5.91 Å². The Morgan fingerprint density at radius 1 is 1.24 bits per heavy atom. The van der Waals surface area contributed by atoms with Gasteiger partial charge in [0.05, 0.1) is 5.54 Å². The molecule has 100 valence electrons. The summed E-state index contributed by atoms with van der Waals surface area (Å²) in [4.78, 5) is 11.7. The number of nitrogens with one attached hydrogen (secondary N) is 1.